The maximum Gasteiger partial charge on any atom is 0.153 e. The van der Waals surface area contributed by atoms with E-state index in [1.165, 1.54) is 112 Å². The summed E-state index contributed by atoms with van der Waals surface area (Å²) in [6, 6.07) is 13.0. The molecule has 0 spiro atoms. The van der Waals surface area contributed by atoms with Crippen LogP contribution in [-0.2, 0) is 10.8 Å². The quantitative estimate of drug-likeness (QED) is 0.278. The second-order valence-corrected chi connectivity index (χ2v) is 15.8. The Hall–Kier alpha value is -3.28. The lowest BCUT2D eigenvalue weighted by molar-refractivity contribution is -0.00937. The van der Waals surface area contributed by atoms with Gasteiger partial charge in [-0.3, -0.25) is 0 Å². The Labute approximate surface area is 258 Å². The molecule has 230 valence electrons. The predicted molar refractivity (Wildman–Crippen MR) is 168 cm³/mol. The van der Waals surface area contributed by atoms with E-state index in [1.807, 2.05) is 6.07 Å². The highest BCUT2D eigenvalue weighted by molar-refractivity contribution is 5.61. The zero-order valence-electron chi connectivity index (χ0n) is 25.3. The van der Waals surface area contributed by atoms with Gasteiger partial charge < -0.3 is 20.9 Å². The largest absolute Gasteiger partial charge is 0.455 e. The number of hydrogen-bond acceptors (Lipinski definition) is 4. The SMILES string of the molecule is Nc1ccc(F)cc1Oc1cc(Oc2cc(F)ccc2N)c(C23CC4CC(CC(C4)C2)C3)cc1C12CC3CC(CC(C3)C1)C2. The Kier molecular flexibility index (Phi) is 5.91. The lowest BCUT2D eigenvalue weighted by Gasteiger charge is -2.58. The van der Waals surface area contributed by atoms with E-state index < -0.39 is 0 Å². The molecule has 3 aromatic rings. The number of nitrogens with two attached hydrogens (primary N) is 2. The van der Waals surface area contributed by atoms with Gasteiger partial charge in [0.25, 0.3) is 0 Å². The fraction of sp³-hybridized carbons (Fsp3) is 0.526. The first-order valence-electron chi connectivity index (χ1n) is 16.9. The standard InChI is InChI=1S/C38H42F2N2O2/c39-27-1-3-31(41)35(11-27)43-33-14-34(44-36-12-28(40)2-4-32(36)42)30(38-18-24-8-25(19-38)10-26(9-24)20-38)13-29(33)37-15-21-5-22(16-37)7-23(6-21)17-37/h1-4,11-14,21-26H,5-10,15-20,41-42H2. The number of hydrogen-bond donors (Lipinski definition) is 2. The molecule has 8 bridgehead atoms. The van der Waals surface area contributed by atoms with Gasteiger partial charge in [-0.15, -0.1) is 0 Å². The molecule has 0 atom stereocenters. The van der Waals surface area contributed by atoms with Crippen LogP contribution in [0, 0.1) is 47.1 Å². The Morgan fingerprint density at radius 1 is 0.477 bits per heavy atom. The van der Waals surface area contributed by atoms with Crippen molar-refractivity contribution in [2.24, 2.45) is 35.5 Å². The first-order valence-corrected chi connectivity index (χ1v) is 16.9. The van der Waals surface area contributed by atoms with Crippen LogP contribution in [0.1, 0.15) is 88.2 Å². The highest BCUT2D eigenvalue weighted by Crippen LogP contribution is 2.66. The molecule has 8 fully saturated rings. The molecular weight excluding hydrogens is 554 g/mol. The average molecular weight is 597 g/mol. The minimum Gasteiger partial charge on any atom is -0.455 e. The monoisotopic (exact) mass is 596 g/mol. The van der Waals surface area contributed by atoms with E-state index in [0.717, 1.165) is 35.5 Å². The predicted octanol–water partition coefficient (Wildman–Crippen LogP) is 9.65. The maximum absolute atomic E-state index is 14.5. The lowest BCUT2D eigenvalue weighted by Crippen LogP contribution is -2.50. The second-order valence-electron chi connectivity index (χ2n) is 15.8. The van der Waals surface area contributed by atoms with Crippen LogP contribution >= 0.6 is 0 Å². The first-order chi connectivity index (χ1) is 21.2. The molecule has 11 rings (SSSR count). The van der Waals surface area contributed by atoms with E-state index in [1.54, 1.807) is 12.1 Å². The van der Waals surface area contributed by atoms with Crippen molar-refractivity contribution in [2.45, 2.75) is 87.9 Å². The Morgan fingerprint density at radius 3 is 1.16 bits per heavy atom. The molecule has 8 aliphatic carbocycles. The van der Waals surface area contributed by atoms with Crippen molar-refractivity contribution in [1.82, 2.24) is 0 Å². The molecule has 0 heterocycles. The maximum atomic E-state index is 14.5. The third-order valence-electron chi connectivity index (χ3n) is 12.7. The molecule has 0 radical (unpaired) electrons. The van der Waals surface area contributed by atoms with Gasteiger partial charge in [-0.25, -0.2) is 8.78 Å². The number of halogens is 2. The summed E-state index contributed by atoms with van der Waals surface area (Å²) >= 11 is 0. The zero-order chi connectivity index (χ0) is 29.8. The summed E-state index contributed by atoms with van der Waals surface area (Å²) in [4.78, 5) is 0. The third-order valence-corrected chi connectivity index (χ3v) is 12.7. The van der Waals surface area contributed by atoms with Crippen molar-refractivity contribution >= 4 is 11.4 Å². The van der Waals surface area contributed by atoms with Gasteiger partial charge in [0.05, 0.1) is 11.4 Å². The summed E-state index contributed by atoms with van der Waals surface area (Å²) in [7, 11) is 0. The molecule has 8 aliphatic rings. The van der Waals surface area contributed by atoms with Gasteiger partial charge in [0.2, 0.25) is 0 Å². The van der Waals surface area contributed by atoms with E-state index in [0.29, 0.717) is 34.4 Å². The minimum atomic E-state index is -0.389. The summed E-state index contributed by atoms with van der Waals surface area (Å²) in [5.41, 5.74) is 16.0. The second kappa shape index (κ2) is 9.61. The van der Waals surface area contributed by atoms with E-state index in [2.05, 4.69) is 6.07 Å². The summed E-state index contributed by atoms with van der Waals surface area (Å²) in [5.74, 6) is 5.71. The molecule has 3 aromatic carbocycles. The van der Waals surface area contributed by atoms with Crippen LogP contribution in [0.5, 0.6) is 23.0 Å². The van der Waals surface area contributed by atoms with E-state index in [4.69, 9.17) is 20.9 Å². The Bertz CT molecular complexity index is 1460. The topological polar surface area (TPSA) is 70.5 Å². The highest BCUT2D eigenvalue weighted by Gasteiger charge is 2.55. The van der Waals surface area contributed by atoms with Crippen LogP contribution in [-0.4, -0.2) is 0 Å². The molecule has 6 heteroatoms. The molecule has 4 N–H and O–H groups in total. The molecule has 0 unspecified atom stereocenters. The number of benzene rings is 3. The molecule has 8 saturated carbocycles. The van der Waals surface area contributed by atoms with Crippen molar-refractivity contribution in [3.8, 4) is 23.0 Å². The molecule has 4 nitrogen and oxygen atoms in total. The molecule has 0 aliphatic heterocycles. The van der Waals surface area contributed by atoms with E-state index >= 15 is 0 Å². The first kappa shape index (κ1) is 27.1. The van der Waals surface area contributed by atoms with Gasteiger partial charge >= 0.3 is 0 Å². The average Bonchev–Trinajstić information content (AvgIpc) is 2.95. The molecule has 0 saturated heterocycles. The van der Waals surface area contributed by atoms with Crippen molar-refractivity contribution in [3.05, 3.63) is 71.3 Å². The van der Waals surface area contributed by atoms with Crippen LogP contribution in [0.2, 0.25) is 0 Å². The minimum absolute atomic E-state index is 0.0274. The highest BCUT2D eigenvalue weighted by atomic mass is 19.1. The van der Waals surface area contributed by atoms with Crippen LogP contribution in [0.3, 0.4) is 0 Å². The fourth-order valence-corrected chi connectivity index (χ4v) is 11.9. The van der Waals surface area contributed by atoms with Crippen LogP contribution in [0.4, 0.5) is 20.2 Å². The van der Waals surface area contributed by atoms with Crippen LogP contribution in [0.15, 0.2) is 48.5 Å². The summed E-state index contributed by atoms with van der Waals surface area (Å²) < 4.78 is 42.3. The summed E-state index contributed by atoms with van der Waals surface area (Å²) in [6.45, 7) is 0. The van der Waals surface area contributed by atoms with Gasteiger partial charge in [0, 0.05) is 29.3 Å². The normalized spacial score (nSPS) is 36.1. The lowest BCUT2D eigenvalue weighted by atomic mass is 9.46. The van der Waals surface area contributed by atoms with Crippen molar-refractivity contribution in [2.75, 3.05) is 11.5 Å². The zero-order valence-corrected chi connectivity index (χ0v) is 25.3. The number of anilines is 2. The molecular formula is C38H42F2N2O2. The van der Waals surface area contributed by atoms with Gasteiger partial charge in [-0.1, -0.05) is 0 Å². The summed E-state index contributed by atoms with van der Waals surface area (Å²) in [6.07, 6.45) is 15.1. The van der Waals surface area contributed by atoms with Gasteiger partial charge in [-0.2, -0.15) is 0 Å². The Balaban J connectivity index is 1.25. The number of rotatable bonds is 6. The smallest absolute Gasteiger partial charge is 0.153 e. The van der Waals surface area contributed by atoms with E-state index in [-0.39, 0.29) is 22.5 Å². The Morgan fingerprint density at radius 2 is 0.818 bits per heavy atom. The van der Waals surface area contributed by atoms with Gasteiger partial charge in [0.1, 0.15) is 23.1 Å². The number of nitrogen functional groups attached to an aromatic ring is 2. The third kappa shape index (κ3) is 4.34. The van der Waals surface area contributed by atoms with E-state index in [9.17, 15) is 8.78 Å². The van der Waals surface area contributed by atoms with Gasteiger partial charge in [0.15, 0.2) is 11.5 Å². The summed E-state index contributed by atoms with van der Waals surface area (Å²) in [5, 5.41) is 0. The van der Waals surface area contributed by atoms with Crippen molar-refractivity contribution in [1.29, 1.82) is 0 Å². The fourth-order valence-electron chi connectivity index (χ4n) is 11.9. The molecule has 44 heavy (non-hydrogen) atoms. The van der Waals surface area contributed by atoms with Crippen LogP contribution in [0.25, 0.3) is 0 Å². The van der Waals surface area contributed by atoms with Gasteiger partial charge in [-0.05, 0) is 154 Å². The van der Waals surface area contributed by atoms with Crippen molar-refractivity contribution in [3.63, 3.8) is 0 Å². The number of ether oxygens (including phenoxy) is 2. The van der Waals surface area contributed by atoms with Crippen molar-refractivity contribution < 1.29 is 18.3 Å². The van der Waals surface area contributed by atoms with Crippen LogP contribution < -0.4 is 20.9 Å². The molecule has 0 amide bonds. The molecule has 0 aromatic heterocycles.